The zero-order valence-electron chi connectivity index (χ0n) is 16.5. The maximum absolute atomic E-state index is 13.1. The highest BCUT2D eigenvalue weighted by Crippen LogP contribution is 2.34. The minimum atomic E-state index is -0.0724. The van der Waals surface area contributed by atoms with Crippen LogP contribution in [0.5, 0.6) is 0 Å². The van der Waals surface area contributed by atoms with E-state index in [0.717, 1.165) is 65.6 Å². The molecule has 1 amide bonds. The third-order valence-corrected chi connectivity index (χ3v) is 5.81. The molecule has 5 rings (SSSR count). The first kappa shape index (κ1) is 18.1. The zero-order chi connectivity index (χ0) is 19.8. The zero-order valence-corrected chi connectivity index (χ0v) is 16.5. The van der Waals surface area contributed by atoms with Crippen molar-refractivity contribution >= 4 is 38.6 Å². The third-order valence-electron chi connectivity index (χ3n) is 5.81. The summed E-state index contributed by atoms with van der Waals surface area (Å²) in [4.78, 5) is 20.0. The van der Waals surface area contributed by atoms with Crippen molar-refractivity contribution in [1.29, 1.82) is 0 Å². The molecule has 0 unspecified atom stereocenters. The van der Waals surface area contributed by atoms with Gasteiger partial charge in [-0.25, -0.2) is 0 Å². The second-order valence-corrected chi connectivity index (χ2v) is 7.51. The Kier molecular flexibility index (Phi) is 4.66. The molecular weight excluding hydrogens is 364 g/mol. The lowest BCUT2D eigenvalue weighted by molar-refractivity contribution is 0.0383. The summed E-state index contributed by atoms with van der Waals surface area (Å²) < 4.78 is 7.57. The number of pyridine rings is 1. The van der Waals surface area contributed by atoms with Crippen LogP contribution in [-0.4, -0.2) is 59.8 Å². The number of nitrogens with one attached hydrogen (secondary N) is 1. The molecule has 0 aliphatic carbocycles. The Balaban J connectivity index is 1.54. The molecule has 2 aromatic heterocycles. The van der Waals surface area contributed by atoms with Gasteiger partial charge in [0.25, 0.3) is 5.91 Å². The highest BCUT2D eigenvalue weighted by molar-refractivity contribution is 6.21. The summed E-state index contributed by atoms with van der Waals surface area (Å²) in [5, 5.41) is 6.33. The van der Waals surface area contributed by atoms with Gasteiger partial charge >= 0.3 is 0 Å². The number of nitrogens with zero attached hydrogens (tertiary/aromatic N) is 3. The Morgan fingerprint density at radius 3 is 2.76 bits per heavy atom. The van der Waals surface area contributed by atoms with E-state index >= 15 is 0 Å². The lowest BCUT2D eigenvalue weighted by atomic mass is 10.0. The van der Waals surface area contributed by atoms with Crippen molar-refractivity contribution in [3.63, 3.8) is 0 Å². The number of hydrogen-bond donors (Lipinski definition) is 1. The largest absolute Gasteiger partial charge is 0.379 e. The molecule has 1 aliphatic heterocycles. The summed E-state index contributed by atoms with van der Waals surface area (Å²) in [7, 11) is 2.07. The van der Waals surface area contributed by atoms with Gasteiger partial charge in [0, 0.05) is 61.1 Å². The summed E-state index contributed by atoms with van der Waals surface area (Å²) in [5.41, 5.74) is 3.64. The molecule has 1 N–H and O–H groups in total. The smallest absolute Gasteiger partial charge is 0.253 e. The Morgan fingerprint density at radius 2 is 1.90 bits per heavy atom. The lowest BCUT2D eigenvalue weighted by Crippen LogP contribution is -2.41. The number of para-hydroxylation sites is 1. The Labute approximate surface area is 169 Å². The maximum Gasteiger partial charge on any atom is 0.253 e. The summed E-state index contributed by atoms with van der Waals surface area (Å²) in [6.45, 7) is 4.81. The minimum absolute atomic E-state index is 0.0724. The number of ether oxygens (including phenoxy) is 1. The fourth-order valence-electron chi connectivity index (χ4n) is 4.34. The van der Waals surface area contributed by atoms with E-state index in [-0.39, 0.29) is 5.91 Å². The van der Waals surface area contributed by atoms with Crippen molar-refractivity contribution in [2.24, 2.45) is 7.05 Å². The standard InChI is InChI=1S/C23H24N4O2/c1-26-20-7-3-2-5-16(20)18-15-19(21-17(22(18)26)6-4-8-24-21)23(28)25-9-10-27-11-13-29-14-12-27/h2-8,15H,9-14H2,1H3,(H,25,28). The third kappa shape index (κ3) is 3.14. The number of rotatable bonds is 4. The van der Waals surface area contributed by atoms with E-state index in [1.807, 2.05) is 30.3 Å². The Bertz CT molecular complexity index is 1210. The van der Waals surface area contributed by atoms with Gasteiger partial charge in [0.2, 0.25) is 0 Å². The lowest BCUT2D eigenvalue weighted by Gasteiger charge is -2.26. The van der Waals surface area contributed by atoms with Gasteiger partial charge in [-0.2, -0.15) is 0 Å². The van der Waals surface area contributed by atoms with Crippen molar-refractivity contribution in [1.82, 2.24) is 19.8 Å². The summed E-state index contributed by atoms with van der Waals surface area (Å²) in [6, 6.07) is 14.3. The Morgan fingerprint density at radius 1 is 1.10 bits per heavy atom. The first-order valence-electron chi connectivity index (χ1n) is 10.1. The average molecular weight is 388 g/mol. The molecule has 3 heterocycles. The molecule has 29 heavy (non-hydrogen) atoms. The fourth-order valence-corrected chi connectivity index (χ4v) is 4.34. The molecular formula is C23H24N4O2. The molecule has 1 fully saturated rings. The van der Waals surface area contributed by atoms with Gasteiger partial charge in [0.1, 0.15) is 0 Å². The predicted molar refractivity (Wildman–Crippen MR) is 115 cm³/mol. The molecule has 4 aromatic rings. The van der Waals surface area contributed by atoms with Crippen molar-refractivity contribution in [3.05, 3.63) is 54.2 Å². The van der Waals surface area contributed by atoms with Crippen molar-refractivity contribution in [3.8, 4) is 0 Å². The Hall–Kier alpha value is -2.96. The average Bonchev–Trinajstić information content (AvgIpc) is 3.06. The van der Waals surface area contributed by atoms with Gasteiger partial charge in [0.05, 0.1) is 29.8 Å². The summed E-state index contributed by atoms with van der Waals surface area (Å²) in [6.07, 6.45) is 1.75. The van der Waals surface area contributed by atoms with Gasteiger partial charge in [-0.1, -0.05) is 18.2 Å². The normalized spacial score (nSPS) is 15.3. The number of carbonyl (C=O) groups excluding carboxylic acids is 1. The number of benzene rings is 2. The van der Waals surface area contributed by atoms with E-state index in [4.69, 9.17) is 4.74 Å². The van der Waals surface area contributed by atoms with Crippen LogP contribution in [0.1, 0.15) is 10.4 Å². The van der Waals surface area contributed by atoms with Gasteiger partial charge in [-0.15, -0.1) is 0 Å². The van der Waals surface area contributed by atoms with Crippen LogP contribution < -0.4 is 5.32 Å². The van der Waals surface area contributed by atoms with Gasteiger partial charge < -0.3 is 14.6 Å². The van der Waals surface area contributed by atoms with Crippen molar-refractivity contribution < 1.29 is 9.53 Å². The van der Waals surface area contributed by atoms with Crippen LogP contribution in [0.3, 0.4) is 0 Å². The molecule has 0 spiro atoms. The number of fused-ring (bicyclic) bond motifs is 5. The van der Waals surface area contributed by atoms with E-state index in [2.05, 4.69) is 38.9 Å². The van der Waals surface area contributed by atoms with E-state index < -0.39 is 0 Å². The van der Waals surface area contributed by atoms with Crippen molar-refractivity contribution in [2.45, 2.75) is 0 Å². The van der Waals surface area contributed by atoms with Crippen LogP contribution in [0.4, 0.5) is 0 Å². The molecule has 1 aliphatic rings. The molecule has 0 radical (unpaired) electrons. The van der Waals surface area contributed by atoms with Gasteiger partial charge in [0.15, 0.2) is 0 Å². The molecule has 0 bridgehead atoms. The molecule has 148 valence electrons. The minimum Gasteiger partial charge on any atom is -0.379 e. The number of aryl methyl sites for hydroxylation is 1. The van der Waals surface area contributed by atoms with E-state index in [1.165, 1.54) is 0 Å². The molecule has 6 heteroatoms. The molecule has 1 saturated heterocycles. The molecule has 2 aromatic carbocycles. The molecule has 0 atom stereocenters. The van der Waals surface area contributed by atoms with Gasteiger partial charge in [-0.3, -0.25) is 14.7 Å². The molecule has 0 saturated carbocycles. The van der Waals surface area contributed by atoms with Crippen LogP contribution in [0.25, 0.3) is 32.7 Å². The summed E-state index contributed by atoms with van der Waals surface area (Å²) >= 11 is 0. The van der Waals surface area contributed by atoms with Crippen LogP contribution in [0.15, 0.2) is 48.7 Å². The number of morpholine rings is 1. The monoisotopic (exact) mass is 388 g/mol. The highest BCUT2D eigenvalue weighted by Gasteiger charge is 2.19. The quantitative estimate of drug-likeness (QED) is 0.584. The van der Waals surface area contributed by atoms with Crippen molar-refractivity contribution in [2.75, 3.05) is 39.4 Å². The van der Waals surface area contributed by atoms with Crippen LogP contribution in [0.2, 0.25) is 0 Å². The topological polar surface area (TPSA) is 59.4 Å². The first-order valence-corrected chi connectivity index (χ1v) is 10.1. The van der Waals surface area contributed by atoms with E-state index in [0.29, 0.717) is 12.1 Å². The first-order chi connectivity index (χ1) is 14.2. The van der Waals surface area contributed by atoms with Gasteiger partial charge in [-0.05, 0) is 24.3 Å². The summed E-state index contributed by atoms with van der Waals surface area (Å²) in [5.74, 6) is -0.0724. The number of amides is 1. The number of carbonyl (C=O) groups is 1. The fraction of sp³-hybridized carbons (Fsp3) is 0.304. The van der Waals surface area contributed by atoms with Crippen LogP contribution in [-0.2, 0) is 11.8 Å². The second kappa shape index (κ2) is 7.46. The SMILES string of the molecule is Cn1c2ccccc2c2cc(C(=O)NCCN3CCOCC3)c3ncccc3c21. The van der Waals surface area contributed by atoms with Crippen LogP contribution in [0, 0.1) is 0 Å². The van der Waals surface area contributed by atoms with E-state index in [1.54, 1.807) is 6.20 Å². The maximum atomic E-state index is 13.1. The number of aromatic nitrogens is 2. The predicted octanol–water partition coefficient (Wildman–Crippen LogP) is 2.94. The van der Waals surface area contributed by atoms with E-state index in [9.17, 15) is 4.79 Å². The van der Waals surface area contributed by atoms with Crippen LogP contribution >= 0.6 is 0 Å². The molecule has 6 nitrogen and oxygen atoms in total. The highest BCUT2D eigenvalue weighted by atomic mass is 16.5. The number of hydrogen-bond acceptors (Lipinski definition) is 4. The second-order valence-electron chi connectivity index (χ2n) is 7.51.